The fourth-order valence-corrected chi connectivity index (χ4v) is 11.8. The highest BCUT2D eigenvalue weighted by Gasteiger charge is 2.38. The minimum absolute atomic E-state index is 0.943. The summed E-state index contributed by atoms with van der Waals surface area (Å²) in [6.07, 6.45) is 16.0. The highest BCUT2D eigenvalue weighted by molar-refractivity contribution is 8.15. The molecule has 2 aliphatic carbocycles. The molecule has 1 saturated heterocycles. The van der Waals surface area contributed by atoms with Crippen LogP contribution in [0.25, 0.3) is 0 Å². The molecule has 1 nitrogen and oxygen atoms in total. The molecule has 3 aliphatic rings. The molecule has 3 rings (SSSR count). The molecule has 122 valence electrons. The molecule has 1 aliphatic heterocycles. The van der Waals surface area contributed by atoms with Gasteiger partial charge in [-0.1, -0.05) is 50.3 Å². The van der Waals surface area contributed by atoms with Crippen LogP contribution in [-0.4, -0.2) is 47.1 Å². The molecule has 1 heterocycles. The maximum Gasteiger partial charge on any atom is 0.0281 e. The molecule has 3 fully saturated rings. The second-order valence-corrected chi connectivity index (χ2v) is 14.0. The van der Waals surface area contributed by atoms with Crippen molar-refractivity contribution in [2.24, 2.45) is 0 Å². The summed E-state index contributed by atoms with van der Waals surface area (Å²) in [5, 5.41) is 0. The van der Waals surface area contributed by atoms with E-state index >= 15 is 0 Å². The molecule has 0 aromatic carbocycles. The highest BCUT2D eigenvalue weighted by atomic mass is 32.4. The Labute approximate surface area is 141 Å². The van der Waals surface area contributed by atoms with Crippen LogP contribution in [0, 0.1) is 0 Å². The average Bonchev–Trinajstić information content (AvgIpc) is 2.57. The Morgan fingerprint density at radius 3 is 1.76 bits per heavy atom. The minimum atomic E-state index is -1.19. The zero-order chi connectivity index (χ0) is 14.5. The standard InChI is InChI=1S/C17H32NPS2/c20-19(16-7-3-1-4-8-16,17-9-5-2-6-10-17)15-18-11-13-21-14-12-18/h16-17H,1-15H2. The Kier molecular flexibility index (Phi) is 6.54. The Morgan fingerprint density at radius 1 is 0.810 bits per heavy atom. The molecule has 0 bridgehead atoms. The molecule has 0 atom stereocenters. The van der Waals surface area contributed by atoms with Crippen LogP contribution in [0.2, 0.25) is 0 Å². The van der Waals surface area contributed by atoms with Crippen LogP contribution in [0.1, 0.15) is 64.2 Å². The fraction of sp³-hybridized carbons (Fsp3) is 1.00. The summed E-state index contributed by atoms with van der Waals surface area (Å²) >= 11 is 8.72. The van der Waals surface area contributed by atoms with Crippen LogP contribution in [0.15, 0.2) is 0 Å². The molecular weight excluding hydrogens is 313 g/mol. The van der Waals surface area contributed by atoms with Gasteiger partial charge < -0.3 is 0 Å². The second kappa shape index (κ2) is 8.18. The van der Waals surface area contributed by atoms with Gasteiger partial charge in [0.05, 0.1) is 0 Å². The molecule has 0 radical (unpaired) electrons. The van der Waals surface area contributed by atoms with E-state index in [1.165, 1.54) is 95.1 Å². The van der Waals surface area contributed by atoms with E-state index in [4.69, 9.17) is 11.8 Å². The lowest BCUT2D eigenvalue weighted by Gasteiger charge is -2.44. The summed E-state index contributed by atoms with van der Waals surface area (Å²) in [4.78, 5) is 2.76. The predicted octanol–water partition coefficient (Wildman–Crippen LogP) is 5.14. The van der Waals surface area contributed by atoms with Crippen LogP contribution in [-0.2, 0) is 11.8 Å². The van der Waals surface area contributed by atoms with Gasteiger partial charge in [0.2, 0.25) is 0 Å². The van der Waals surface area contributed by atoms with Crippen molar-refractivity contribution in [2.45, 2.75) is 75.5 Å². The SMILES string of the molecule is S=P(CN1CCSCC1)(C1CCCCC1)C1CCCCC1. The number of hydrogen-bond acceptors (Lipinski definition) is 3. The monoisotopic (exact) mass is 345 g/mol. The molecule has 0 spiro atoms. The topological polar surface area (TPSA) is 3.24 Å². The summed E-state index contributed by atoms with van der Waals surface area (Å²) in [7, 11) is 0. The second-order valence-electron chi connectivity index (χ2n) is 7.31. The van der Waals surface area contributed by atoms with E-state index in [1.807, 2.05) is 0 Å². The zero-order valence-electron chi connectivity index (χ0n) is 13.5. The van der Waals surface area contributed by atoms with Gasteiger partial charge in [-0.05, 0) is 43.0 Å². The van der Waals surface area contributed by atoms with Gasteiger partial charge >= 0.3 is 0 Å². The molecule has 0 amide bonds. The first-order chi connectivity index (χ1) is 10.3. The van der Waals surface area contributed by atoms with Gasteiger partial charge in [0.1, 0.15) is 0 Å². The van der Waals surface area contributed by atoms with Crippen molar-refractivity contribution in [3.8, 4) is 0 Å². The Balaban J connectivity index is 1.73. The van der Waals surface area contributed by atoms with Crippen molar-refractivity contribution in [3.63, 3.8) is 0 Å². The largest absolute Gasteiger partial charge is 0.297 e. The maximum atomic E-state index is 6.59. The smallest absolute Gasteiger partial charge is 0.0281 e. The highest BCUT2D eigenvalue weighted by Crippen LogP contribution is 2.63. The maximum absolute atomic E-state index is 6.59. The van der Waals surface area contributed by atoms with Crippen LogP contribution < -0.4 is 0 Å². The molecule has 21 heavy (non-hydrogen) atoms. The molecule has 0 unspecified atom stereocenters. The summed E-state index contributed by atoms with van der Waals surface area (Å²) in [6, 6.07) is -1.19. The Bertz CT molecular complexity index is 334. The van der Waals surface area contributed by atoms with Gasteiger partial charge in [0.25, 0.3) is 0 Å². The van der Waals surface area contributed by atoms with Crippen molar-refractivity contribution in [3.05, 3.63) is 0 Å². The van der Waals surface area contributed by atoms with Gasteiger partial charge in [0, 0.05) is 30.9 Å². The van der Waals surface area contributed by atoms with Crippen molar-refractivity contribution < 1.29 is 0 Å². The molecular formula is C17H32NPS2. The van der Waals surface area contributed by atoms with E-state index < -0.39 is 6.04 Å². The third kappa shape index (κ3) is 4.28. The van der Waals surface area contributed by atoms with Gasteiger partial charge in [-0.2, -0.15) is 11.8 Å². The zero-order valence-corrected chi connectivity index (χ0v) is 16.0. The lowest BCUT2D eigenvalue weighted by Crippen LogP contribution is -2.37. The Morgan fingerprint density at radius 2 is 1.29 bits per heavy atom. The first-order valence-electron chi connectivity index (χ1n) is 9.17. The first-order valence-corrected chi connectivity index (χ1v) is 13.5. The van der Waals surface area contributed by atoms with Crippen molar-refractivity contribution in [2.75, 3.05) is 30.9 Å². The van der Waals surface area contributed by atoms with Crippen LogP contribution in [0.5, 0.6) is 0 Å². The number of thioether (sulfide) groups is 1. The van der Waals surface area contributed by atoms with E-state index in [2.05, 4.69) is 16.7 Å². The summed E-state index contributed by atoms with van der Waals surface area (Å²) < 4.78 is 0. The third-order valence-electron chi connectivity index (χ3n) is 5.91. The van der Waals surface area contributed by atoms with Gasteiger partial charge in [0.15, 0.2) is 0 Å². The number of hydrogen-bond donors (Lipinski definition) is 0. The fourth-order valence-electron chi connectivity index (χ4n) is 4.62. The average molecular weight is 346 g/mol. The van der Waals surface area contributed by atoms with Gasteiger partial charge in [-0.15, -0.1) is 0 Å². The van der Waals surface area contributed by atoms with Crippen molar-refractivity contribution in [1.82, 2.24) is 4.90 Å². The van der Waals surface area contributed by atoms with Gasteiger partial charge in [-0.3, -0.25) is 4.90 Å². The van der Waals surface area contributed by atoms with Crippen LogP contribution in [0.3, 0.4) is 0 Å². The lowest BCUT2D eigenvalue weighted by atomic mass is 9.99. The third-order valence-corrected chi connectivity index (χ3v) is 13.3. The van der Waals surface area contributed by atoms with E-state index in [9.17, 15) is 0 Å². The summed E-state index contributed by atoms with van der Waals surface area (Å²) in [5.41, 5.74) is 1.89. The Hall–Kier alpha value is 0.960. The predicted molar refractivity (Wildman–Crippen MR) is 102 cm³/mol. The minimum Gasteiger partial charge on any atom is -0.297 e. The van der Waals surface area contributed by atoms with E-state index in [-0.39, 0.29) is 0 Å². The molecule has 4 heteroatoms. The summed E-state index contributed by atoms with van der Waals surface area (Å²) in [5.74, 6) is 2.68. The molecule has 0 aromatic heterocycles. The van der Waals surface area contributed by atoms with Crippen molar-refractivity contribution >= 4 is 29.6 Å². The van der Waals surface area contributed by atoms with Crippen LogP contribution >= 0.6 is 17.8 Å². The molecule has 0 aromatic rings. The van der Waals surface area contributed by atoms with Gasteiger partial charge in [-0.25, -0.2) is 0 Å². The van der Waals surface area contributed by atoms with Crippen molar-refractivity contribution in [1.29, 1.82) is 0 Å². The lowest BCUT2D eigenvalue weighted by molar-refractivity contribution is 0.347. The van der Waals surface area contributed by atoms with E-state index in [1.54, 1.807) is 0 Å². The molecule has 2 saturated carbocycles. The van der Waals surface area contributed by atoms with E-state index in [0.717, 1.165) is 11.3 Å². The first kappa shape index (κ1) is 16.8. The summed E-state index contributed by atoms with van der Waals surface area (Å²) in [6.45, 7) is 2.62. The van der Waals surface area contributed by atoms with Crippen LogP contribution in [0.4, 0.5) is 0 Å². The van der Waals surface area contributed by atoms with E-state index in [0.29, 0.717) is 0 Å². The number of nitrogens with zero attached hydrogens (tertiary/aromatic N) is 1. The quantitative estimate of drug-likeness (QED) is 0.650. The number of rotatable bonds is 4. The normalized spacial score (nSPS) is 27.8. The molecule has 0 N–H and O–H groups in total.